The quantitative estimate of drug-likeness (QED) is 0.487. The molecule has 1 aromatic rings. The minimum Gasteiger partial charge on any atom is -0.497 e. The molecule has 2 bridgehead atoms. The predicted molar refractivity (Wildman–Crippen MR) is 118 cm³/mol. The molecule has 31 heavy (non-hydrogen) atoms. The van der Waals surface area contributed by atoms with Gasteiger partial charge in [0.2, 0.25) is 0 Å². The Morgan fingerprint density at radius 3 is 2.35 bits per heavy atom. The number of hydrogen-bond donors (Lipinski definition) is 0. The van der Waals surface area contributed by atoms with Crippen LogP contribution in [0.5, 0.6) is 5.75 Å². The first-order valence-electron chi connectivity index (χ1n) is 11.4. The molecule has 0 N–H and O–H groups in total. The van der Waals surface area contributed by atoms with Crippen molar-refractivity contribution in [1.29, 1.82) is 0 Å². The van der Waals surface area contributed by atoms with Crippen molar-refractivity contribution in [3.05, 3.63) is 53.8 Å². The Morgan fingerprint density at radius 1 is 1.03 bits per heavy atom. The van der Waals surface area contributed by atoms with Crippen molar-refractivity contribution in [3.8, 4) is 5.75 Å². The fourth-order valence-corrected chi connectivity index (χ4v) is 7.28. The largest absolute Gasteiger partial charge is 0.497 e. The SMILES string of the molecule is COc1ccc([C@@]23C=C[C@@]4(CCCC[C@@]42C)[C@H]2C(OC(=O)C(C)(C)C)=CC(=O)[C@H]23)cc1. The molecule has 0 heterocycles. The van der Waals surface area contributed by atoms with Crippen molar-refractivity contribution in [2.75, 3.05) is 7.11 Å². The summed E-state index contributed by atoms with van der Waals surface area (Å²) in [5, 5.41) is 0. The van der Waals surface area contributed by atoms with E-state index in [2.05, 4.69) is 31.2 Å². The maximum Gasteiger partial charge on any atom is 0.316 e. The zero-order valence-electron chi connectivity index (χ0n) is 19.2. The average molecular weight is 421 g/mol. The zero-order chi connectivity index (χ0) is 22.2. The molecule has 0 unspecified atom stereocenters. The number of fused-ring (bicyclic) bond motifs is 2. The van der Waals surface area contributed by atoms with Crippen molar-refractivity contribution in [2.24, 2.45) is 28.1 Å². The van der Waals surface area contributed by atoms with E-state index in [0.29, 0.717) is 5.76 Å². The number of carbonyl (C=O) groups is 2. The standard InChI is InChI=1S/C27H32O4/c1-24(2,3)23(29)31-20-16-19(28)21-22(20)26-13-7-6-12-25(26,4)27(21,15-14-26)17-8-10-18(30-5)11-9-17/h8-11,14-16,21-22H,6-7,12-13H2,1-5H3/t21-,22+,25+,26+,27-/m1/s1. The number of ether oxygens (including phenoxy) is 2. The molecule has 2 saturated carbocycles. The van der Waals surface area contributed by atoms with Crippen LogP contribution in [-0.2, 0) is 19.7 Å². The third-order valence-electron chi connectivity index (χ3n) is 8.77. The molecular weight excluding hydrogens is 388 g/mol. The van der Waals surface area contributed by atoms with E-state index in [-0.39, 0.29) is 34.4 Å². The summed E-state index contributed by atoms with van der Waals surface area (Å²) in [5.41, 5.74) is -0.101. The van der Waals surface area contributed by atoms with E-state index >= 15 is 0 Å². The van der Waals surface area contributed by atoms with Crippen molar-refractivity contribution >= 4 is 11.8 Å². The Labute approximate surface area is 184 Å². The van der Waals surface area contributed by atoms with E-state index in [1.807, 2.05) is 32.9 Å². The molecule has 4 heteroatoms. The van der Waals surface area contributed by atoms with Gasteiger partial charge >= 0.3 is 5.97 Å². The van der Waals surface area contributed by atoms with Gasteiger partial charge in [0.15, 0.2) is 5.78 Å². The van der Waals surface area contributed by atoms with Gasteiger partial charge in [-0.25, -0.2) is 0 Å². The summed E-state index contributed by atoms with van der Waals surface area (Å²) in [6, 6.07) is 8.22. The predicted octanol–water partition coefficient (Wildman–Crippen LogP) is 5.37. The van der Waals surface area contributed by atoms with E-state index in [0.717, 1.165) is 37.0 Å². The third-order valence-corrected chi connectivity index (χ3v) is 8.77. The van der Waals surface area contributed by atoms with E-state index in [1.54, 1.807) is 13.2 Å². The van der Waals surface area contributed by atoms with Crippen molar-refractivity contribution in [2.45, 2.75) is 58.8 Å². The molecule has 4 nitrogen and oxygen atoms in total. The number of carbonyl (C=O) groups excluding carboxylic acids is 2. The summed E-state index contributed by atoms with van der Waals surface area (Å²) in [5.74, 6) is 0.916. The monoisotopic (exact) mass is 420 g/mol. The second-order valence-corrected chi connectivity index (χ2v) is 11.1. The molecule has 4 aliphatic rings. The van der Waals surface area contributed by atoms with Crippen molar-refractivity contribution in [3.63, 3.8) is 0 Å². The summed E-state index contributed by atoms with van der Waals surface area (Å²) >= 11 is 0. The smallest absolute Gasteiger partial charge is 0.316 e. The van der Waals surface area contributed by atoms with Gasteiger partial charge < -0.3 is 9.47 Å². The highest BCUT2D eigenvalue weighted by Crippen LogP contribution is 2.80. The number of methoxy groups -OCH3 is 1. The van der Waals surface area contributed by atoms with Crippen LogP contribution in [0.3, 0.4) is 0 Å². The molecule has 4 aliphatic carbocycles. The Hall–Kier alpha value is -2.36. The minimum atomic E-state index is -0.614. The fourth-order valence-electron chi connectivity index (χ4n) is 7.28. The molecule has 0 saturated heterocycles. The van der Waals surface area contributed by atoms with Crippen LogP contribution in [-0.4, -0.2) is 18.9 Å². The Morgan fingerprint density at radius 2 is 1.71 bits per heavy atom. The molecule has 1 aromatic carbocycles. The van der Waals surface area contributed by atoms with E-state index in [9.17, 15) is 9.59 Å². The second kappa shape index (κ2) is 6.34. The lowest BCUT2D eigenvalue weighted by Crippen LogP contribution is -2.47. The summed E-state index contributed by atoms with van der Waals surface area (Å²) in [7, 11) is 1.67. The molecule has 5 rings (SSSR count). The van der Waals surface area contributed by atoms with Crippen LogP contribution in [0.25, 0.3) is 0 Å². The first-order chi connectivity index (χ1) is 14.6. The summed E-state index contributed by atoms with van der Waals surface area (Å²) in [6.45, 7) is 7.93. The molecule has 0 spiro atoms. The summed E-state index contributed by atoms with van der Waals surface area (Å²) in [4.78, 5) is 26.3. The van der Waals surface area contributed by atoms with Crippen LogP contribution in [0.2, 0.25) is 0 Å². The second-order valence-electron chi connectivity index (χ2n) is 11.1. The maximum absolute atomic E-state index is 13.5. The normalized spacial score (nSPS) is 38.0. The van der Waals surface area contributed by atoms with Crippen LogP contribution in [0.4, 0.5) is 0 Å². The van der Waals surface area contributed by atoms with Gasteiger partial charge in [-0.15, -0.1) is 0 Å². The van der Waals surface area contributed by atoms with Gasteiger partial charge in [0.1, 0.15) is 11.5 Å². The molecule has 5 atom stereocenters. The number of esters is 1. The molecule has 164 valence electrons. The number of hydrogen-bond acceptors (Lipinski definition) is 4. The van der Waals surface area contributed by atoms with Gasteiger partial charge in [-0.05, 0) is 56.7 Å². The van der Waals surface area contributed by atoms with Crippen LogP contribution in [0.15, 0.2) is 48.3 Å². The van der Waals surface area contributed by atoms with Crippen LogP contribution in [0, 0.1) is 28.1 Å². The highest BCUT2D eigenvalue weighted by Gasteiger charge is 2.79. The number of allylic oxidation sites excluding steroid dienone is 4. The van der Waals surface area contributed by atoms with Crippen molar-refractivity contribution in [1.82, 2.24) is 0 Å². The Kier molecular flexibility index (Phi) is 4.20. The number of rotatable bonds is 3. The third kappa shape index (κ3) is 2.37. The average Bonchev–Trinajstić information content (AvgIpc) is 3.28. The molecule has 0 amide bonds. The topological polar surface area (TPSA) is 52.6 Å². The van der Waals surface area contributed by atoms with Gasteiger partial charge in [-0.1, -0.05) is 44.1 Å². The van der Waals surface area contributed by atoms with Crippen molar-refractivity contribution < 1.29 is 19.1 Å². The molecule has 0 aromatic heterocycles. The first-order valence-corrected chi connectivity index (χ1v) is 11.4. The fraction of sp³-hybridized carbons (Fsp3) is 0.556. The lowest BCUT2D eigenvalue weighted by atomic mass is 9.52. The van der Waals surface area contributed by atoms with Gasteiger partial charge in [-0.2, -0.15) is 0 Å². The highest BCUT2D eigenvalue weighted by atomic mass is 16.5. The number of benzene rings is 1. The molecule has 2 fully saturated rings. The van der Waals surface area contributed by atoms with Gasteiger partial charge in [0.25, 0.3) is 0 Å². The van der Waals surface area contributed by atoms with Crippen LogP contribution >= 0.6 is 0 Å². The Balaban J connectivity index is 1.66. The van der Waals surface area contributed by atoms with Gasteiger partial charge in [-0.3, -0.25) is 9.59 Å². The molecule has 0 aliphatic heterocycles. The lowest BCUT2D eigenvalue weighted by molar-refractivity contribution is -0.150. The van der Waals surface area contributed by atoms with Crippen LogP contribution < -0.4 is 4.74 Å². The van der Waals surface area contributed by atoms with E-state index in [4.69, 9.17) is 9.47 Å². The Bertz CT molecular complexity index is 1010. The van der Waals surface area contributed by atoms with Crippen LogP contribution in [0.1, 0.15) is 58.9 Å². The summed E-state index contributed by atoms with van der Waals surface area (Å²) < 4.78 is 11.4. The van der Waals surface area contributed by atoms with E-state index < -0.39 is 10.8 Å². The lowest BCUT2D eigenvalue weighted by Gasteiger charge is -2.51. The summed E-state index contributed by atoms with van der Waals surface area (Å²) in [6.07, 6.45) is 10.7. The molecule has 0 radical (unpaired) electrons. The number of ketones is 1. The highest BCUT2D eigenvalue weighted by molar-refractivity contribution is 5.99. The molecular formula is C27H32O4. The van der Waals surface area contributed by atoms with Gasteiger partial charge in [0.05, 0.1) is 12.5 Å². The van der Waals surface area contributed by atoms with Gasteiger partial charge in [0, 0.05) is 28.7 Å². The van der Waals surface area contributed by atoms with E-state index in [1.165, 1.54) is 0 Å². The minimum absolute atomic E-state index is 0.0799. The zero-order valence-corrected chi connectivity index (χ0v) is 19.2. The first kappa shape index (κ1) is 20.5. The maximum atomic E-state index is 13.5.